The second kappa shape index (κ2) is 6.90. The molecule has 0 aliphatic carbocycles. The summed E-state index contributed by atoms with van der Waals surface area (Å²) in [5.74, 6) is 0.669. The van der Waals surface area contributed by atoms with Crippen molar-refractivity contribution >= 4 is 0 Å². The van der Waals surface area contributed by atoms with Crippen LogP contribution in [0.3, 0.4) is 0 Å². The average molecular weight is 259 g/mol. The topological polar surface area (TPSA) is 21.3 Å². The lowest BCUT2D eigenvalue weighted by molar-refractivity contribution is 0.307. The summed E-state index contributed by atoms with van der Waals surface area (Å²) in [6.07, 6.45) is 0. The van der Waals surface area contributed by atoms with Crippen LogP contribution in [0.1, 0.15) is 18.5 Å². The minimum absolute atomic E-state index is 0.181. The molecule has 0 saturated heterocycles. The van der Waals surface area contributed by atoms with Gasteiger partial charge in [-0.2, -0.15) is 0 Å². The zero-order chi connectivity index (χ0) is 13.5. The number of nitrogens with one attached hydrogen (secondary N) is 1. The first-order chi connectivity index (χ1) is 9.25. The summed E-state index contributed by atoms with van der Waals surface area (Å²) in [5.41, 5.74) is 1.07. The van der Waals surface area contributed by atoms with E-state index >= 15 is 0 Å². The van der Waals surface area contributed by atoms with Crippen molar-refractivity contribution in [1.82, 2.24) is 5.32 Å². The third-order valence-electron chi connectivity index (χ3n) is 2.93. The van der Waals surface area contributed by atoms with E-state index in [1.165, 1.54) is 12.1 Å². The van der Waals surface area contributed by atoms with Gasteiger partial charge in [-0.15, -0.1) is 0 Å². The predicted octanol–water partition coefficient (Wildman–Crippen LogP) is 3.56. The van der Waals surface area contributed by atoms with E-state index in [2.05, 4.69) is 12.2 Å². The van der Waals surface area contributed by atoms with Crippen molar-refractivity contribution in [2.75, 3.05) is 13.2 Å². The Balaban J connectivity index is 1.72. The molecule has 0 aliphatic heterocycles. The first-order valence-electron chi connectivity index (χ1n) is 6.42. The van der Waals surface area contributed by atoms with Gasteiger partial charge in [0, 0.05) is 12.6 Å². The fourth-order valence-corrected chi connectivity index (χ4v) is 1.83. The fraction of sp³-hybridized carbons (Fsp3) is 0.250. The van der Waals surface area contributed by atoms with E-state index in [1.54, 1.807) is 12.1 Å². The summed E-state index contributed by atoms with van der Waals surface area (Å²) in [6, 6.07) is 16.5. The maximum atomic E-state index is 12.8. The Morgan fingerprint density at radius 1 is 1.05 bits per heavy atom. The van der Waals surface area contributed by atoms with E-state index in [1.807, 2.05) is 30.3 Å². The van der Waals surface area contributed by atoms with Crippen LogP contribution in [-0.4, -0.2) is 13.2 Å². The molecule has 1 N–H and O–H groups in total. The standard InChI is InChI=1S/C16H18FNO/c1-13(14-7-9-15(17)10-8-14)18-11-12-19-16-5-3-2-4-6-16/h2-10,13,18H,11-12H2,1H3/t13-/m0/s1. The molecular weight excluding hydrogens is 241 g/mol. The molecule has 2 aromatic carbocycles. The van der Waals surface area contributed by atoms with Crippen LogP contribution in [0.4, 0.5) is 4.39 Å². The van der Waals surface area contributed by atoms with E-state index in [0.717, 1.165) is 17.9 Å². The molecule has 2 rings (SSSR count). The van der Waals surface area contributed by atoms with Crippen LogP contribution < -0.4 is 10.1 Å². The molecule has 0 amide bonds. The highest BCUT2D eigenvalue weighted by Crippen LogP contribution is 2.12. The second-order valence-electron chi connectivity index (χ2n) is 4.39. The number of rotatable bonds is 6. The molecule has 19 heavy (non-hydrogen) atoms. The molecule has 2 aromatic rings. The van der Waals surface area contributed by atoms with Crippen molar-refractivity contribution in [2.24, 2.45) is 0 Å². The zero-order valence-electron chi connectivity index (χ0n) is 11.0. The van der Waals surface area contributed by atoms with Gasteiger partial charge in [-0.1, -0.05) is 30.3 Å². The van der Waals surface area contributed by atoms with E-state index in [9.17, 15) is 4.39 Å². The summed E-state index contributed by atoms with van der Waals surface area (Å²) < 4.78 is 18.4. The average Bonchev–Trinajstić information content (AvgIpc) is 2.45. The van der Waals surface area contributed by atoms with E-state index in [0.29, 0.717) is 6.61 Å². The lowest BCUT2D eigenvalue weighted by Crippen LogP contribution is -2.24. The van der Waals surface area contributed by atoms with Gasteiger partial charge in [0.1, 0.15) is 18.2 Å². The molecule has 3 heteroatoms. The number of hydrogen-bond acceptors (Lipinski definition) is 2. The SMILES string of the molecule is C[C@H](NCCOc1ccccc1)c1ccc(F)cc1. The molecule has 0 unspecified atom stereocenters. The number of ether oxygens (including phenoxy) is 1. The van der Waals surface area contributed by atoms with Gasteiger partial charge in [0.15, 0.2) is 0 Å². The van der Waals surface area contributed by atoms with Gasteiger partial charge in [0.25, 0.3) is 0 Å². The molecule has 0 radical (unpaired) electrons. The predicted molar refractivity (Wildman–Crippen MR) is 74.8 cm³/mol. The Morgan fingerprint density at radius 2 is 1.74 bits per heavy atom. The van der Waals surface area contributed by atoms with Crippen LogP contribution >= 0.6 is 0 Å². The molecule has 0 aliphatic rings. The Morgan fingerprint density at radius 3 is 2.42 bits per heavy atom. The number of halogens is 1. The van der Waals surface area contributed by atoms with Crippen molar-refractivity contribution in [1.29, 1.82) is 0 Å². The Kier molecular flexibility index (Phi) is 4.93. The summed E-state index contributed by atoms with van der Waals surface area (Å²) in [6.45, 7) is 3.40. The molecule has 0 saturated carbocycles. The molecule has 0 fully saturated rings. The van der Waals surface area contributed by atoms with Crippen molar-refractivity contribution < 1.29 is 9.13 Å². The van der Waals surface area contributed by atoms with Gasteiger partial charge in [-0.05, 0) is 36.8 Å². The smallest absolute Gasteiger partial charge is 0.123 e. The molecule has 100 valence electrons. The third kappa shape index (κ3) is 4.38. The van der Waals surface area contributed by atoms with Crippen LogP contribution in [0.2, 0.25) is 0 Å². The first-order valence-corrected chi connectivity index (χ1v) is 6.42. The number of para-hydroxylation sites is 1. The normalized spacial score (nSPS) is 12.1. The highest BCUT2D eigenvalue weighted by atomic mass is 19.1. The number of benzene rings is 2. The van der Waals surface area contributed by atoms with Crippen LogP contribution in [0.5, 0.6) is 5.75 Å². The van der Waals surface area contributed by atoms with Crippen molar-refractivity contribution in [3.63, 3.8) is 0 Å². The molecule has 1 atom stereocenters. The Hall–Kier alpha value is -1.87. The maximum absolute atomic E-state index is 12.8. The van der Waals surface area contributed by atoms with Gasteiger partial charge in [0.2, 0.25) is 0 Å². The van der Waals surface area contributed by atoms with Crippen molar-refractivity contribution in [3.05, 3.63) is 66.0 Å². The lowest BCUT2D eigenvalue weighted by atomic mass is 10.1. The first kappa shape index (κ1) is 13.6. The minimum atomic E-state index is -0.205. The third-order valence-corrected chi connectivity index (χ3v) is 2.93. The summed E-state index contributed by atoms with van der Waals surface area (Å²) in [5, 5.41) is 3.34. The van der Waals surface area contributed by atoms with Gasteiger partial charge in [-0.3, -0.25) is 0 Å². The fourth-order valence-electron chi connectivity index (χ4n) is 1.83. The van der Waals surface area contributed by atoms with Gasteiger partial charge < -0.3 is 10.1 Å². The highest BCUT2D eigenvalue weighted by molar-refractivity contribution is 5.21. The van der Waals surface area contributed by atoms with E-state index in [4.69, 9.17) is 4.74 Å². The molecular formula is C16H18FNO. The summed E-state index contributed by atoms with van der Waals surface area (Å²) in [4.78, 5) is 0. The largest absolute Gasteiger partial charge is 0.492 e. The molecule has 0 bridgehead atoms. The maximum Gasteiger partial charge on any atom is 0.123 e. The van der Waals surface area contributed by atoms with Gasteiger partial charge in [-0.25, -0.2) is 4.39 Å². The molecule has 0 aromatic heterocycles. The summed E-state index contributed by atoms with van der Waals surface area (Å²) >= 11 is 0. The van der Waals surface area contributed by atoms with Crippen molar-refractivity contribution in [3.8, 4) is 5.75 Å². The number of hydrogen-bond donors (Lipinski definition) is 1. The van der Waals surface area contributed by atoms with Crippen LogP contribution in [0.15, 0.2) is 54.6 Å². The van der Waals surface area contributed by atoms with Crippen LogP contribution in [0.25, 0.3) is 0 Å². The summed E-state index contributed by atoms with van der Waals surface area (Å²) in [7, 11) is 0. The van der Waals surface area contributed by atoms with E-state index in [-0.39, 0.29) is 11.9 Å². The highest BCUT2D eigenvalue weighted by Gasteiger charge is 2.04. The van der Waals surface area contributed by atoms with Gasteiger partial charge in [0.05, 0.1) is 0 Å². The molecule has 0 spiro atoms. The monoisotopic (exact) mass is 259 g/mol. The van der Waals surface area contributed by atoms with Gasteiger partial charge >= 0.3 is 0 Å². The quantitative estimate of drug-likeness (QED) is 0.801. The zero-order valence-corrected chi connectivity index (χ0v) is 11.0. The lowest BCUT2D eigenvalue weighted by Gasteiger charge is -2.14. The second-order valence-corrected chi connectivity index (χ2v) is 4.39. The van der Waals surface area contributed by atoms with Crippen LogP contribution in [0, 0.1) is 5.82 Å². The van der Waals surface area contributed by atoms with Crippen LogP contribution in [-0.2, 0) is 0 Å². The Labute approximate surface area is 113 Å². The minimum Gasteiger partial charge on any atom is -0.492 e. The Bertz CT molecular complexity index is 484. The van der Waals surface area contributed by atoms with E-state index < -0.39 is 0 Å². The van der Waals surface area contributed by atoms with Crippen molar-refractivity contribution in [2.45, 2.75) is 13.0 Å². The molecule has 2 nitrogen and oxygen atoms in total. The molecule has 0 heterocycles.